The van der Waals surface area contributed by atoms with Crippen molar-refractivity contribution in [3.05, 3.63) is 0 Å². The molecule has 30 heavy (non-hydrogen) atoms. The fourth-order valence-corrected chi connectivity index (χ4v) is 8.72. The molecule has 0 aliphatic heterocycles. The minimum Gasteiger partial charge on any atom is -0.481 e. The highest BCUT2D eigenvalue weighted by Gasteiger charge is 2.67. The van der Waals surface area contributed by atoms with Gasteiger partial charge in [-0.05, 0) is 91.3 Å². The molecule has 0 radical (unpaired) electrons. The second kappa shape index (κ2) is 7.72. The zero-order chi connectivity index (χ0) is 22.0. The first-order valence-corrected chi connectivity index (χ1v) is 12.0. The molecule has 0 aromatic rings. The smallest absolute Gasteiger partial charge is 0.303 e. The Balaban J connectivity index is 1.64. The molecule has 172 valence electrons. The van der Waals surface area contributed by atoms with Crippen LogP contribution >= 0.6 is 0 Å². The molecule has 4 aliphatic rings. The van der Waals surface area contributed by atoms with Gasteiger partial charge in [-0.3, -0.25) is 4.79 Å². The summed E-state index contributed by atoms with van der Waals surface area (Å²) in [5.41, 5.74) is -0.547. The molecule has 4 saturated carbocycles. The molecule has 0 bridgehead atoms. The first-order valence-electron chi connectivity index (χ1n) is 12.0. The van der Waals surface area contributed by atoms with E-state index in [0.29, 0.717) is 25.7 Å². The third-order valence-electron chi connectivity index (χ3n) is 10.4. The number of aliphatic hydroxyl groups excluding tert-OH is 4. The molecule has 4 aliphatic carbocycles. The lowest BCUT2D eigenvalue weighted by molar-refractivity contribution is -0.243. The Morgan fingerprint density at radius 2 is 1.67 bits per heavy atom. The van der Waals surface area contributed by atoms with E-state index in [0.717, 1.165) is 19.3 Å². The minimum atomic E-state index is -0.839. The molecule has 0 aromatic carbocycles. The van der Waals surface area contributed by atoms with Gasteiger partial charge in [-0.15, -0.1) is 0 Å². The number of carboxylic acids is 1. The maximum Gasteiger partial charge on any atom is 0.303 e. The van der Waals surface area contributed by atoms with Crippen molar-refractivity contribution in [2.24, 2.45) is 46.3 Å². The largest absolute Gasteiger partial charge is 0.481 e. The van der Waals surface area contributed by atoms with Gasteiger partial charge < -0.3 is 25.5 Å². The molecule has 12 atom stereocenters. The molecule has 0 saturated heterocycles. The Morgan fingerprint density at radius 3 is 2.33 bits per heavy atom. The van der Waals surface area contributed by atoms with E-state index >= 15 is 0 Å². The number of aliphatic hydroxyl groups is 4. The van der Waals surface area contributed by atoms with E-state index in [1.165, 1.54) is 0 Å². The van der Waals surface area contributed by atoms with Crippen molar-refractivity contribution in [1.82, 2.24) is 0 Å². The van der Waals surface area contributed by atoms with Gasteiger partial charge in [0.15, 0.2) is 0 Å². The first kappa shape index (κ1) is 22.5. The predicted octanol–water partition coefficient (Wildman–Crippen LogP) is 2.42. The molecular formula is C24H40O6. The van der Waals surface area contributed by atoms with Crippen LogP contribution in [0.2, 0.25) is 0 Å². The first-order chi connectivity index (χ1) is 14.0. The number of hydrogen-bond donors (Lipinski definition) is 5. The Hall–Kier alpha value is -0.690. The normalized spacial score (nSPS) is 54.0. The Labute approximate surface area is 179 Å². The summed E-state index contributed by atoms with van der Waals surface area (Å²) in [6, 6.07) is 0. The average molecular weight is 425 g/mol. The quantitative estimate of drug-likeness (QED) is 0.473. The average Bonchev–Trinajstić information content (AvgIpc) is 3.05. The van der Waals surface area contributed by atoms with Gasteiger partial charge in [-0.1, -0.05) is 20.8 Å². The third kappa shape index (κ3) is 3.16. The maximum absolute atomic E-state index is 11.5. The van der Waals surface area contributed by atoms with Gasteiger partial charge in [-0.2, -0.15) is 0 Å². The summed E-state index contributed by atoms with van der Waals surface area (Å²) >= 11 is 0. The molecule has 6 nitrogen and oxygen atoms in total. The van der Waals surface area contributed by atoms with E-state index in [2.05, 4.69) is 20.8 Å². The SMILES string of the molecule is C[C@H](CCC(=O)O)[C@H]1CC[C@H]2[C@@H]3[C@H](O)[C@H](O)[C@@H]4C[C@@H](O)CC[C@]4(C)[C@H]3C[C@@H](O)[C@]12C. The molecule has 0 amide bonds. The third-order valence-corrected chi connectivity index (χ3v) is 10.4. The van der Waals surface area contributed by atoms with Crippen molar-refractivity contribution in [2.75, 3.05) is 0 Å². The molecular weight excluding hydrogens is 384 g/mol. The molecule has 5 N–H and O–H groups in total. The topological polar surface area (TPSA) is 118 Å². The fraction of sp³-hybridized carbons (Fsp3) is 0.958. The van der Waals surface area contributed by atoms with Gasteiger partial charge in [0.1, 0.15) is 0 Å². The molecule has 0 unspecified atom stereocenters. The van der Waals surface area contributed by atoms with Crippen LogP contribution in [0, 0.1) is 46.3 Å². The molecule has 0 aromatic heterocycles. The summed E-state index contributed by atoms with van der Waals surface area (Å²) in [4.78, 5) is 11.1. The zero-order valence-electron chi connectivity index (χ0n) is 18.6. The van der Waals surface area contributed by atoms with Gasteiger partial charge >= 0.3 is 5.97 Å². The fourth-order valence-electron chi connectivity index (χ4n) is 8.72. The highest BCUT2D eigenvalue weighted by atomic mass is 16.4. The lowest BCUT2D eigenvalue weighted by atomic mass is 9.42. The molecule has 4 rings (SSSR count). The molecule has 0 spiro atoms. The van der Waals surface area contributed by atoms with Gasteiger partial charge in [0.05, 0.1) is 24.4 Å². The zero-order valence-corrected chi connectivity index (χ0v) is 18.6. The van der Waals surface area contributed by atoms with Crippen molar-refractivity contribution in [3.8, 4) is 0 Å². The van der Waals surface area contributed by atoms with Crippen LogP contribution in [0.15, 0.2) is 0 Å². The summed E-state index contributed by atoms with van der Waals surface area (Å²) in [6.07, 6.45) is 2.67. The van der Waals surface area contributed by atoms with E-state index in [1.54, 1.807) is 0 Å². The predicted molar refractivity (Wildman–Crippen MR) is 111 cm³/mol. The van der Waals surface area contributed by atoms with Gasteiger partial charge in [0.2, 0.25) is 0 Å². The van der Waals surface area contributed by atoms with E-state index in [4.69, 9.17) is 5.11 Å². The van der Waals surface area contributed by atoms with E-state index in [-0.39, 0.29) is 52.8 Å². The Morgan fingerprint density at radius 1 is 0.967 bits per heavy atom. The van der Waals surface area contributed by atoms with Crippen LogP contribution in [-0.4, -0.2) is 55.9 Å². The minimum absolute atomic E-state index is 0.0541. The van der Waals surface area contributed by atoms with Crippen LogP contribution in [0.1, 0.15) is 72.1 Å². The summed E-state index contributed by atoms with van der Waals surface area (Å²) < 4.78 is 0. The second-order valence-electron chi connectivity index (χ2n) is 11.5. The van der Waals surface area contributed by atoms with Gasteiger partial charge in [0, 0.05) is 6.42 Å². The lowest BCUT2D eigenvalue weighted by Crippen LogP contribution is -2.66. The van der Waals surface area contributed by atoms with Crippen LogP contribution in [0.5, 0.6) is 0 Å². The van der Waals surface area contributed by atoms with E-state index < -0.39 is 30.4 Å². The van der Waals surface area contributed by atoms with Crippen molar-refractivity contribution in [3.63, 3.8) is 0 Å². The van der Waals surface area contributed by atoms with Crippen LogP contribution in [0.25, 0.3) is 0 Å². The monoisotopic (exact) mass is 424 g/mol. The molecule has 6 heteroatoms. The standard InChI is InChI=1S/C24H40O6/c1-12(4-7-19(27)28)14-5-6-15-20-16(11-18(26)24(14,15)3)23(2)9-8-13(25)10-17(23)21(29)22(20)30/h12-18,20-22,25-26,29-30H,4-11H2,1-3H3,(H,27,28)/t12-,13+,14-,15+,16+,17+,18-,20+,21-,22+,23-,24-/m1/s1. The maximum atomic E-state index is 11.5. The second-order valence-corrected chi connectivity index (χ2v) is 11.5. The number of carboxylic acid groups (broad SMARTS) is 1. The summed E-state index contributed by atoms with van der Waals surface area (Å²) in [7, 11) is 0. The van der Waals surface area contributed by atoms with Crippen LogP contribution < -0.4 is 0 Å². The van der Waals surface area contributed by atoms with Gasteiger partial charge in [0.25, 0.3) is 0 Å². The highest BCUT2D eigenvalue weighted by molar-refractivity contribution is 5.66. The number of fused-ring (bicyclic) bond motifs is 5. The highest BCUT2D eigenvalue weighted by Crippen LogP contribution is 2.68. The van der Waals surface area contributed by atoms with E-state index in [9.17, 15) is 25.2 Å². The van der Waals surface area contributed by atoms with Crippen molar-refractivity contribution in [2.45, 2.75) is 96.6 Å². The van der Waals surface area contributed by atoms with Crippen molar-refractivity contribution in [1.29, 1.82) is 0 Å². The van der Waals surface area contributed by atoms with Crippen LogP contribution in [-0.2, 0) is 4.79 Å². The van der Waals surface area contributed by atoms with Crippen LogP contribution in [0.4, 0.5) is 0 Å². The Bertz CT molecular complexity index is 668. The number of hydrogen-bond acceptors (Lipinski definition) is 5. The summed E-state index contributed by atoms with van der Waals surface area (Å²) in [5, 5.41) is 53.1. The number of carbonyl (C=O) groups is 1. The van der Waals surface area contributed by atoms with E-state index in [1.807, 2.05) is 0 Å². The van der Waals surface area contributed by atoms with Crippen LogP contribution in [0.3, 0.4) is 0 Å². The number of aliphatic carboxylic acids is 1. The van der Waals surface area contributed by atoms with Gasteiger partial charge in [-0.25, -0.2) is 0 Å². The van der Waals surface area contributed by atoms with Crippen molar-refractivity contribution < 1.29 is 30.3 Å². The number of rotatable bonds is 4. The Kier molecular flexibility index (Phi) is 5.79. The molecule has 0 heterocycles. The summed E-state index contributed by atoms with van der Waals surface area (Å²) in [6.45, 7) is 6.45. The molecule has 4 fully saturated rings. The van der Waals surface area contributed by atoms with Crippen molar-refractivity contribution >= 4 is 5.97 Å². The summed E-state index contributed by atoms with van der Waals surface area (Å²) in [5.74, 6) is -0.299. The lowest BCUT2D eigenvalue weighted by Gasteiger charge is -2.64.